The fourth-order valence-corrected chi connectivity index (χ4v) is 1.88. The van der Waals surface area contributed by atoms with Crippen molar-refractivity contribution >= 4 is 11.6 Å². The molecule has 4 nitrogen and oxygen atoms in total. The van der Waals surface area contributed by atoms with Crippen molar-refractivity contribution in [3.05, 3.63) is 11.9 Å². The van der Waals surface area contributed by atoms with E-state index in [1.165, 1.54) is 11.1 Å². The van der Waals surface area contributed by atoms with Crippen LogP contribution in [0, 0.1) is 0 Å². The first kappa shape index (κ1) is 11.0. The van der Waals surface area contributed by atoms with Crippen LogP contribution in [-0.4, -0.2) is 28.6 Å². The summed E-state index contributed by atoms with van der Waals surface area (Å²) in [5.74, 6) is -3.51. The van der Waals surface area contributed by atoms with Crippen molar-refractivity contribution in [1.82, 2.24) is 10.2 Å². The molecule has 1 amide bonds. The van der Waals surface area contributed by atoms with Crippen molar-refractivity contribution in [2.45, 2.75) is 32.1 Å². The van der Waals surface area contributed by atoms with Crippen LogP contribution in [0.15, 0.2) is 6.20 Å². The maximum Gasteiger partial charge on any atom is 0.254 e. The summed E-state index contributed by atoms with van der Waals surface area (Å²) in [6, 6.07) is 0. The lowest BCUT2D eigenvalue weighted by Gasteiger charge is -2.27. The number of alkyl halides is 2. The van der Waals surface area contributed by atoms with Crippen LogP contribution in [0.4, 0.5) is 14.5 Å². The zero-order valence-corrected chi connectivity index (χ0v) is 8.96. The third-order valence-corrected chi connectivity index (χ3v) is 2.56. The van der Waals surface area contributed by atoms with Gasteiger partial charge in [-0.25, -0.2) is 8.78 Å². The average molecular weight is 229 g/mol. The van der Waals surface area contributed by atoms with Gasteiger partial charge in [0.1, 0.15) is 0 Å². The number of aromatic amines is 1. The molecule has 1 N–H and O–H groups in total. The van der Waals surface area contributed by atoms with Gasteiger partial charge in [0.15, 0.2) is 0 Å². The molecule has 1 aliphatic heterocycles. The summed E-state index contributed by atoms with van der Waals surface area (Å²) in [7, 11) is 0. The van der Waals surface area contributed by atoms with Crippen LogP contribution < -0.4 is 4.90 Å². The number of H-pyrrole nitrogens is 1. The normalized spacial score (nSPS) is 16.1. The van der Waals surface area contributed by atoms with Crippen molar-refractivity contribution < 1.29 is 13.6 Å². The van der Waals surface area contributed by atoms with Gasteiger partial charge in [0, 0.05) is 6.54 Å². The number of nitrogens with one attached hydrogen (secondary N) is 1. The second kappa shape index (κ2) is 3.84. The van der Waals surface area contributed by atoms with Crippen LogP contribution >= 0.6 is 0 Å². The standard InChI is InChI=1S/C10H13F2N3O/c1-10(11,12)5-9(16)15-4-2-3-7-8(15)6-13-14-7/h6H,2-5H2,1H3,(H,13,14). The quantitative estimate of drug-likeness (QED) is 0.839. The van der Waals surface area contributed by atoms with E-state index in [4.69, 9.17) is 0 Å². The Bertz CT molecular complexity index is 397. The number of carbonyl (C=O) groups excluding carboxylic acids is 1. The lowest BCUT2D eigenvalue weighted by atomic mass is 10.1. The predicted octanol–water partition coefficient (Wildman–Crippen LogP) is 1.73. The molecule has 0 spiro atoms. The van der Waals surface area contributed by atoms with Crippen molar-refractivity contribution in [1.29, 1.82) is 0 Å². The van der Waals surface area contributed by atoms with E-state index in [-0.39, 0.29) is 0 Å². The zero-order valence-electron chi connectivity index (χ0n) is 8.96. The molecule has 16 heavy (non-hydrogen) atoms. The van der Waals surface area contributed by atoms with Gasteiger partial charge in [0.05, 0.1) is 24.0 Å². The minimum Gasteiger partial charge on any atom is -0.309 e. The first-order chi connectivity index (χ1) is 7.47. The summed E-state index contributed by atoms with van der Waals surface area (Å²) in [5, 5.41) is 6.60. The lowest BCUT2D eigenvalue weighted by Crippen LogP contribution is -2.37. The Morgan fingerprint density at radius 3 is 3.12 bits per heavy atom. The number of aromatic nitrogens is 2. The highest BCUT2D eigenvalue weighted by Gasteiger charge is 2.31. The third-order valence-electron chi connectivity index (χ3n) is 2.56. The van der Waals surface area contributed by atoms with E-state index in [2.05, 4.69) is 10.2 Å². The van der Waals surface area contributed by atoms with Gasteiger partial charge in [-0.05, 0) is 19.8 Å². The van der Waals surface area contributed by atoms with Crippen LogP contribution in [0.3, 0.4) is 0 Å². The summed E-state index contributed by atoms with van der Waals surface area (Å²) in [6.45, 7) is 1.24. The van der Waals surface area contributed by atoms with E-state index in [1.54, 1.807) is 0 Å². The van der Waals surface area contributed by atoms with Gasteiger partial charge in [0.2, 0.25) is 5.91 Å². The van der Waals surface area contributed by atoms with Gasteiger partial charge in [0.25, 0.3) is 5.92 Å². The Kier molecular flexibility index (Phi) is 2.65. The second-order valence-corrected chi connectivity index (χ2v) is 4.13. The summed E-state index contributed by atoms with van der Waals surface area (Å²) in [6.07, 6.45) is 2.34. The summed E-state index contributed by atoms with van der Waals surface area (Å²) >= 11 is 0. The highest BCUT2D eigenvalue weighted by atomic mass is 19.3. The number of hydrogen-bond donors (Lipinski definition) is 1. The van der Waals surface area contributed by atoms with Crippen LogP contribution in [0.2, 0.25) is 0 Å². The van der Waals surface area contributed by atoms with Gasteiger partial charge >= 0.3 is 0 Å². The number of halogens is 2. The highest BCUT2D eigenvalue weighted by molar-refractivity contribution is 5.94. The van der Waals surface area contributed by atoms with E-state index in [0.29, 0.717) is 12.2 Å². The highest BCUT2D eigenvalue weighted by Crippen LogP contribution is 2.27. The number of aryl methyl sites for hydroxylation is 1. The maximum absolute atomic E-state index is 12.8. The smallest absolute Gasteiger partial charge is 0.254 e. The lowest BCUT2D eigenvalue weighted by molar-refractivity contribution is -0.124. The van der Waals surface area contributed by atoms with Crippen molar-refractivity contribution in [2.75, 3.05) is 11.4 Å². The van der Waals surface area contributed by atoms with Crippen LogP contribution in [0.5, 0.6) is 0 Å². The monoisotopic (exact) mass is 229 g/mol. The number of fused-ring (bicyclic) bond motifs is 1. The number of rotatable bonds is 2. The van der Waals surface area contributed by atoms with Gasteiger partial charge in [-0.15, -0.1) is 0 Å². The van der Waals surface area contributed by atoms with Crippen molar-refractivity contribution in [3.8, 4) is 0 Å². The molecular formula is C10H13F2N3O. The van der Waals surface area contributed by atoms with Crippen LogP contribution in [-0.2, 0) is 11.2 Å². The minimum atomic E-state index is -2.96. The molecule has 6 heteroatoms. The molecule has 1 aromatic rings. The number of anilines is 1. The molecule has 0 saturated carbocycles. The molecule has 88 valence electrons. The predicted molar refractivity (Wildman–Crippen MR) is 54.5 cm³/mol. The maximum atomic E-state index is 12.8. The zero-order chi connectivity index (χ0) is 11.8. The number of nitrogens with zero attached hydrogens (tertiary/aromatic N) is 2. The Hall–Kier alpha value is -1.46. The molecule has 0 fully saturated rings. The molecule has 1 aromatic heterocycles. The molecule has 0 aliphatic carbocycles. The first-order valence-corrected chi connectivity index (χ1v) is 5.18. The minimum absolute atomic E-state index is 0.488. The fourth-order valence-electron chi connectivity index (χ4n) is 1.88. The fraction of sp³-hybridized carbons (Fsp3) is 0.600. The molecular weight excluding hydrogens is 216 g/mol. The Morgan fingerprint density at radius 1 is 1.69 bits per heavy atom. The second-order valence-electron chi connectivity index (χ2n) is 4.13. The van der Waals surface area contributed by atoms with E-state index in [1.807, 2.05) is 0 Å². The van der Waals surface area contributed by atoms with Crippen LogP contribution in [0.25, 0.3) is 0 Å². The van der Waals surface area contributed by atoms with E-state index in [0.717, 1.165) is 25.5 Å². The Balaban J connectivity index is 2.15. The Labute approximate surface area is 91.6 Å². The number of amides is 1. The third kappa shape index (κ3) is 2.20. The van der Waals surface area contributed by atoms with Crippen molar-refractivity contribution in [2.24, 2.45) is 0 Å². The topological polar surface area (TPSA) is 49.0 Å². The molecule has 0 aromatic carbocycles. The summed E-state index contributed by atoms with van der Waals surface area (Å²) in [4.78, 5) is 13.1. The molecule has 0 bridgehead atoms. The number of carbonyl (C=O) groups is 1. The van der Waals surface area contributed by atoms with Crippen LogP contribution in [0.1, 0.15) is 25.5 Å². The first-order valence-electron chi connectivity index (χ1n) is 5.18. The van der Waals surface area contributed by atoms with E-state index in [9.17, 15) is 13.6 Å². The summed E-state index contributed by atoms with van der Waals surface area (Å²) < 4.78 is 25.5. The van der Waals surface area contributed by atoms with Gasteiger partial charge in [-0.3, -0.25) is 9.89 Å². The molecule has 0 saturated heterocycles. The molecule has 2 heterocycles. The molecule has 1 aliphatic rings. The Morgan fingerprint density at radius 2 is 2.44 bits per heavy atom. The number of hydrogen-bond acceptors (Lipinski definition) is 2. The van der Waals surface area contributed by atoms with E-state index >= 15 is 0 Å². The molecule has 0 radical (unpaired) electrons. The van der Waals surface area contributed by atoms with Gasteiger partial charge in [-0.2, -0.15) is 5.10 Å². The largest absolute Gasteiger partial charge is 0.309 e. The molecule has 0 atom stereocenters. The average Bonchev–Trinajstić information content (AvgIpc) is 2.61. The van der Waals surface area contributed by atoms with E-state index < -0.39 is 18.3 Å². The molecule has 2 rings (SSSR count). The van der Waals surface area contributed by atoms with Gasteiger partial charge in [-0.1, -0.05) is 0 Å². The van der Waals surface area contributed by atoms with Gasteiger partial charge < -0.3 is 4.90 Å². The molecule has 0 unspecified atom stereocenters. The SMILES string of the molecule is CC(F)(F)CC(=O)N1CCCc2[nH]ncc21. The van der Waals surface area contributed by atoms with Crippen molar-refractivity contribution in [3.63, 3.8) is 0 Å². The summed E-state index contributed by atoms with van der Waals surface area (Å²) in [5.41, 5.74) is 1.49.